The normalized spacial score (nSPS) is 10.4. The van der Waals surface area contributed by atoms with E-state index >= 15 is 0 Å². The maximum absolute atomic E-state index is 4.50. The maximum Gasteiger partial charge on any atom is 0.188 e. The van der Waals surface area contributed by atoms with Crippen molar-refractivity contribution in [2.45, 2.75) is 10.2 Å². The van der Waals surface area contributed by atoms with Crippen LogP contribution in [-0.2, 0) is 0 Å². The van der Waals surface area contributed by atoms with Gasteiger partial charge in [0.15, 0.2) is 5.16 Å². The number of hydrogen-bond donors (Lipinski definition) is 0. The highest BCUT2D eigenvalue weighted by molar-refractivity contribution is 7.99. The van der Waals surface area contributed by atoms with Crippen molar-refractivity contribution in [1.82, 2.24) is 9.97 Å². The van der Waals surface area contributed by atoms with Crippen LogP contribution in [0.2, 0.25) is 0 Å². The molecule has 4 heteroatoms. The van der Waals surface area contributed by atoms with Gasteiger partial charge in [-0.15, -0.1) is 11.8 Å². The Morgan fingerprint density at radius 1 is 1.00 bits per heavy atom. The molecule has 1 heterocycles. The van der Waals surface area contributed by atoms with Crippen LogP contribution in [0.1, 0.15) is 0 Å². The molecule has 0 unspecified atom stereocenters. The van der Waals surface area contributed by atoms with Gasteiger partial charge in [0.2, 0.25) is 0 Å². The number of nitrogens with zero attached hydrogens (tertiary/aromatic N) is 2. The standard InChI is InChI=1S/C12H12N2S2/c1-15-11-10(8-13-12(14-11)16-2)9-6-4-3-5-7-9/h3-8H,1-2H3. The Morgan fingerprint density at radius 2 is 1.75 bits per heavy atom. The fraction of sp³-hybridized carbons (Fsp3) is 0.167. The molecule has 0 spiro atoms. The van der Waals surface area contributed by atoms with E-state index in [-0.39, 0.29) is 0 Å². The van der Waals surface area contributed by atoms with Gasteiger partial charge in [-0.05, 0) is 18.1 Å². The second-order valence-corrected chi connectivity index (χ2v) is 4.71. The largest absolute Gasteiger partial charge is 0.230 e. The lowest BCUT2D eigenvalue weighted by atomic mass is 10.1. The average molecular weight is 248 g/mol. The lowest BCUT2D eigenvalue weighted by Gasteiger charge is -2.06. The zero-order valence-electron chi connectivity index (χ0n) is 9.18. The van der Waals surface area contributed by atoms with Gasteiger partial charge in [0.25, 0.3) is 0 Å². The maximum atomic E-state index is 4.50. The van der Waals surface area contributed by atoms with E-state index in [1.54, 1.807) is 23.5 Å². The monoisotopic (exact) mass is 248 g/mol. The molecule has 0 amide bonds. The molecule has 0 bridgehead atoms. The first-order valence-electron chi connectivity index (χ1n) is 4.85. The number of benzene rings is 1. The predicted molar refractivity (Wildman–Crippen MR) is 71.0 cm³/mol. The molecule has 0 radical (unpaired) electrons. The minimum atomic E-state index is 0.823. The molecule has 0 N–H and O–H groups in total. The van der Waals surface area contributed by atoms with E-state index < -0.39 is 0 Å². The van der Waals surface area contributed by atoms with E-state index in [9.17, 15) is 0 Å². The summed E-state index contributed by atoms with van der Waals surface area (Å²) in [6.07, 6.45) is 5.93. The molecule has 16 heavy (non-hydrogen) atoms. The van der Waals surface area contributed by atoms with E-state index in [1.807, 2.05) is 36.9 Å². The second-order valence-electron chi connectivity index (χ2n) is 3.15. The van der Waals surface area contributed by atoms with Crippen LogP contribution in [0.5, 0.6) is 0 Å². The summed E-state index contributed by atoms with van der Waals surface area (Å²) in [7, 11) is 0. The first kappa shape index (κ1) is 11.5. The molecule has 0 aliphatic heterocycles. The molecule has 0 aliphatic rings. The minimum Gasteiger partial charge on any atom is -0.230 e. The topological polar surface area (TPSA) is 25.8 Å². The van der Waals surface area contributed by atoms with Crippen molar-refractivity contribution >= 4 is 23.5 Å². The van der Waals surface area contributed by atoms with Crippen molar-refractivity contribution in [3.05, 3.63) is 36.5 Å². The van der Waals surface area contributed by atoms with Gasteiger partial charge >= 0.3 is 0 Å². The van der Waals surface area contributed by atoms with Crippen molar-refractivity contribution in [2.24, 2.45) is 0 Å². The van der Waals surface area contributed by atoms with Crippen LogP contribution in [0.3, 0.4) is 0 Å². The van der Waals surface area contributed by atoms with E-state index in [1.165, 1.54) is 5.56 Å². The number of hydrogen-bond acceptors (Lipinski definition) is 4. The van der Waals surface area contributed by atoms with Crippen molar-refractivity contribution in [3.63, 3.8) is 0 Å². The van der Waals surface area contributed by atoms with Gasteiger partial charge in [-0.25, -0.2) is 9.97 Å². The Labute approximate surface area is 104 Å². The lowest BCUT2D eigenvalue weighted by molar-refractivity contribution is 0.900. The molecule has 0 saturated carbocycles. The third-order valence-electron chi connectivity index (χ3n) is 2.19. The number of thioether (sulfide) groups is 2. The molecule has 0 fully saturated rings. The summed E-state index contributed by atoms with van der Waals surface area (Å²) in [6, 6.07) is 10.2. The Hall–Kier alpha value is -1.00. The molecule has 2 nitrogen and oxygen atoms in total. The highest BCUT2D eigenvalue weighted by atomic mass is 32.2. The fourth-order valence-corrected chi connectivity index (χ4v) is 2.39. The molecule has 82 valence electrons. The van der Waals surface area contributed by atoms with E-state index in [0.717, 1.165) is 15.7 Å². The quantitative estimate of drug-likeness (QED) is 0.471. The molecule has 0 atom stereocenters. The van der Waals surface area contributed by atoms with Crippen LogP contribution in [0.15, 0.2) is 46.7 Å². The molecular formula is C12H12N2S2. The molecule has 2 rings (SSSR count). The van der Waals surface area contributed by atoms with Crippen LogP contribution in [0.25, 0.3) is 11.1 Å². The number of aromatic nitrogens is 2. The van der Waals surface area contributed by atoms with Gasteiger partial charge in [0.05, 0.1) is 0 Å². The molecule has 1 aromatic heterocycles. The summed E-state index contributed by atoms with van der Waals surface area (Å²) in [5.74, 6) is 0. The Kier molecular flexibility index (Phi) is 3.85. The van der Waals surface area contributed by atoms with Gasteiger partial charge in [-0.2, -0.15) is 0 Å². The van der Waals surface area contributed by atoms with Crippen molar-refractivity contribution in [3.8, 4) is 11.1 Å². The van der Waals surface area contributed by atoms with E-state index in [0.29, 0.717) is 0 Å². The zero-order valence-corrected chi connectivity index (χ0v) is 10.8. The minimum absolute atomic E-state index is 0.823. The van der Waals surface area contributed by atoms with Gasteiger partial charge in [0.1, 0.15) is 5.03 Å². The average Bonchev–Trinajstić information content (AvgIpc) is 2.39. The molecule has 2 aromatic rings. The Bertz CT molecular complexity index is 472. The van der Waals surface area contributed by atoms with Crippen LogP contribution in [0, 0.1) is 0 Å². The van der Waals surface area contributed by atoms with Gasteiger partial charge in [-0.1, -0.05) is 42.1 Å². The number of rotatable bonds is 3. The van der Waals surface area contributed by atoms with E-state index in [4.69, 9.17) is 0 Å². The van der Waals surface area contributed by atoms with Crippen LogP contribution in [0.4, 0.5) is 0 Å². The highest BCUT2D eigenvalue weighted by Gasteiger charge is 2.07. The molecule has 0 aliphatic carbocycles. The van der Waals surface area contributed by atoms with Crippen molar-refractivity contribution < 1.29 is 0 Å². The van der Waals surface area contributed by atoms with E-state index in [2.05, 4.69) is 22.1 Å². The van der Waals surface area contributed by atoms with Crippen LogP contribution >= 0.6 is 23.5 Å². The third-order valence-corrected chi connectivity index (χ3v) is 3.45. The first-order valence-corrected chi connectivity index (χ1v) is 7.30. The van der Waals surface area contributed by atoms with Gasteiger partial charge in [-0.3, -0.25) is 0 Å². The SMILES string of the molecule is CSc1ncc(-c2ccccc2)c(SC)n1. The van der Waals surface area contributed by atoms with Gasteiger partial charge in [0, 0.05) is 11.8 Å². The van der Waals surface area contributed by atoms with Crippen LogP contribution in [-0.4, -0.2) is 22.5 Å². The summed E-state index contributed by atoms with van der Waals surface area (Å²) in [4.78, 5) is 8.82. The Balaban J connectivity index is 2.49. The predicted octanol–water partition coefficient (Wildman–Crippen LogP) is 3.59. The smallest absolute Gasteiger partial charge is 0.188 e. The van der Waals surface area contributed by atoms with Crippen molar-refractivity contribution in [1.29, 1.82) is 0 Å². The van der Waals surface area contributed by atoms with Crippen LogP contribution < -0.4 is 0 Å². The zero-order chi connectivity index (χ0) is 11.4. The van der Waals surface area contributed by atoms with Gasteiger partial charge < -0.3 is 0 Å². The fourth-order valence-electron chi connectivity index (χ4n) is 1.42. The summed E-state index contributed by atoms with van der Waals surface area (Å²) in [5, 5.41) is 1.86. The second kappa shape index (κ2) is 5.37. The van der Waals surface area contributed by atoms with Crippen molar-refractivity contribution in [2.75, 3.05) is 12.5 Å². The Morgan fingerprint density at radius 3 is 2.38 bits per heavy atom. The third kappa shape index (κ3) is 2.39. The molecule has 1 aromatic carbocycles. The first-order chi connectivity index (χ1) is 7.85. The summed E-state index contributed by atoms with van der Waals surface area (Å²) in [5.41, 5.74) is 2.27. The summed E-state index contributed by atoms with van der Waals surface area (Å²) >= 11 is 3.22. The lowest BCUT2D eigenvalue weighted by Crippen LogP contribution is -1.91. The summed E-state index contributed by atoms with van der Waals surface area (Å²) in [6.45, 7) is 0. The molecule has 0 saturated heterocycles. The summed E-state index contributed by atoms with van der Waals surface area (Å²) < 4.78 is 0. The molecular weight excluding hydrogens is 236 g/mol. The highest BCUT2D eigenvalue weighted by Crippen LogP contribution is 2.28.